The summed E-state index contributed by atoms with van der Waals surface area (Å²) in [5, 5.41) is 5.58. The van der Waals surface area contributed by atoms with E-state index in [2.05, 4.69) is 10.6 Å². The molecule has 1 aromatic rings. The number of hydrogen-bond acceptors (Lipinski definition) is 3. The van der Waals surface area contributed by atoms with Crippen molar-refractivity contribution in [2.45, 2.75) is 39.8 Å². The molecule has 5 heteroatoms. The predicted molar refractivity (Wildman–Crippen MR) is 69.5 cm³/mol. The fraction of sp³-hybridized carbons (Fsp3) is 0.500. The van der Waals surface area contributed by atoms with Crippen LogP contribution in [0.3, 0.4) is 0 Å². The molecule has 0 aliphatic carbocycles. The Balaban J connectivity index is 2.71. The van der Waals surface area contributed by atoms with Gasteiger partial charge in [-0.15, -0.1) is 11.3 Å². The number of nitrogens with one attached hydrogen (secondary N) is 2. The normalized spacial score (nSPS) is 10.7. The van der Waals surface area contributed by atoms with E-state index in [4.69, 9.17) is 0 Å². The smallest absolute Gasteiger partial charge is 0.261 e. The molecule has 0 aromatic carbocycles. The van der Waals surface area contributed by atoms with Gasteiger partial charge in [0, 0.05) is 12.1 Å². The molecule has 94 valence electrons. The first-order chi connectivity index (χ1) is 7.90. The van der Waals surface area contributed by atoms with Gasteiger partial charge in [-0.3, -0.25) is 9.59 Å². The van der Waals surface area contributed by atoms with Gasteiger partial charge < -0.3 is 10.6 Å². The standard InChI is InChI=1S/C12H18N2O2S/c1-7(2)13-11(15)9-5-6-10(17-9)12(16)14-8(3)4/h5-8H,1-4H3,(H,13,15)(H,14,16). The van der Waals surface area contributed by atoms with Gasteiger partial charge in [-0.05, 0) is 39.8 Å². The zero-order valence-electron chi connectivity index (χ0n) is 10.5. The van der Waals surface area contributed by atoms with Crippen LogP contribution in [0.15, 0.2) is 12.1 Å². The van der Waals surface area contributed by atoms with Crippen LogP contribution < -0.4 is 10.6 Å². The third kappa shape index (κ3) is 4.19. The number of hydrogen-bond donors (Lipinski definition) is 2. The van der Waals surface area contributed by atoms with Gasteiger partial charge in [0.15, 0.2) is 0 Å². The molecule has 1 heterocycles. The zero-order valence-corrected chi connectivity index (χ0v) is 11.4. The Morgan fingerprint density at radius 1 is 0.941 bits per heavy atom. The maximum atomic E-state index is 11.7. The quantitative estimate of drug-likeness (QED) is 0.863. The zero-order chi connectivity index (χ0) is 13.0. The molecule has 2 N–H and O–H groups in total. The maximum Gasteiger partial charge on any atom is 0.261 e. The minimum atomic E-state index is -0.131. The van der Waals surface area contributed by atoms with Crippen molar-refractivity contribution in [1.82, 2.24) is 10.6 Å². The minimum absolute atomic E-state index is 0.0949. The van der Waals surface area contributed by atoms with Gasteiger partial charge in [0.1, 0.15) is 0 Å². The number of carbonyl (C=O) groups excluding carboxylic acids is 2. The molecule has 0 aliphatic rings. The van der Waals surface area contributed by atoms with E-state index in [-0.39, 0.29) is 23.9 Å². The second-order valence-electron chi connectivity index (χ2n) is 4.42. The third-order valence-electron chi connectivity index (χ3n) is 1.89. The molecule has 0 saturated heterocycles. The molecule has 0 aliphatic heterocycles. The summed E-state index contributed by atoms with van der Waals surface area (Å²) in [4.78, 5) is 24.5. The second kappa shape index (κ2) is 5.82. The molecule has 17 heavy (non-hydrogen) atoms. The first-order valence-electron chi connectivity index (χ1n) is 5.61. The number of amides is 2. The lowest BCUT2D eigenvalue weighted by molar-refractivity contribution is 0.0940. The Bertz CT molecular complexity index is 374. The summed E-state index contributed by atoms with van der Waals surface area (Å²) in [5.74, 6) is -0.262. The Kier molecular flexibility index (Phi) is 4.69. The highest BCUT2D eigenvalue weighted by Crippen LogP contribution is 2.16. The highest BCUT2D eigenvalue weighted by molar-refractivity contribution is 7.15. The molecule has 0 radical (unpaired) electrons. The maximum absolute atomic E-state index is 11.7. The van der Waals surface area contributed by atoms with Crippen molar-refractivity contribution in [3.8, 4) is 0 Å². The average molecular weight is 254 g/mol. The van der Waals surface area contributed by atoms with E-state index in [0.717, 1.165) is 0 Å². The van der Waals surface area contributed by atoms with Crippen molar-refractivity contribution in [3.05, 3.63) is 21.9 Å². The fourth-order valence-corrected chi connectivity index (χ4v) is 2.06. The van der Waals surface area contributed by atoms with Gasteiger partial charge >= 0.3 is 0 Å². The lowest BCUT2D eigenvalue weighted by atomic mass is 10.3. The van der Waals surface area contributed by atoms with Gasteiger partial charge in [0.05, 0.1) is 9.75 Å². The molecule has 0 spiro atoms. The summed E-state index contributed by atoms with van der Waals surface area (Å²) in [6.07, 6.45) is 0. The molecule has 2 amide bonds. The largest absolute Gasteiger partial charge is 0.349 e. The van der Waals surface area contributed by atoms with Crippen molar-refractivity contribution in [1.29, 1.82) is 0 Å². The van der Waals surface area contributed by atoms with E-state index in [0.29, 0.717) is 9.75 Å². The Labute approximate surface area is 105 Å². The lowest BCUT2D eigenvalue weighted by Gasteiger charge is -2.06. The van der Waals surface area contributed by atoms with Crippen LogP contribution in [0.5, 0.6) is 0 Å². The molecule has 0 bridgehead atoms. The van der Waals surface area contributed by atoms with E-state index >= 15 is 0 Å². The van der Waals surface area contributed by atoms with Gasteiger partial charge in [-0.25, -0.2) is 0 Å². The molecule has 0 unspecified atom stereocenters. The predicted octanol–water partition coefficient (Wildman–Crippen LogP) is 2.02. The molecular weight excluding hydrogens is 236 g/mol. The average Bonchev–Trinajstić information content (AvgIpc) is 2.63. The number of carbonyl (C=O) groups is 2. The van der Waals surface area contributed by atoms with Crippen molar-refractivity contribution >= 4 is 23.2 Å². The summed E-state index contributed by atoms with van der Waals surface area (Å²) >= 11 is 1.21. The monoisotopic (exact) mass is 254 g/mol. The molecule has 0 fully saturated rings. The topological polar surface area (TPSA) is 58.2 Å². The first-order valence-corrected chi connectivity index (χ1v) is 6.43. The van der Waals surface area contributed by atoms with Crippen molar-refractivity contribution < 1.29 is 9.59 Å². The molecular formula is C12H18N2O2S. The Morgan fingerprint density at radius 3 is 1.59 bits per heavy atom. The summed E-state index contributed by atoms with van der Waals surface area (Å²) < 4.78 is 0. The second-order valence-corrected chi connectivity index (χ2v) is 5.50. The lowest BCUT2D eigenvalue weighted by Crippen LogP contribution is -2.30. The van der Waals surface area contributed by atoms with Crippen LogP contribution in [-0.4, -0.2) is 23.9 Å². The van der Waals surface area contributed by atoms with Crippen LogP contribution in [0, 0.1) is 0 Å². The van der Waals surface area contributed by atoms with E-state index in [9.17, 15) is 9.59 Å². The Morgan fingerprint density at radius 2 is 1.29 bits per heavy atom. The van der Waals surface area contributed by atoms with Crippen LogP contribution >= 0.6 is 11.3 Å². The fourth-order valence-electron chi connectivity index (χ4n) is 1.25. The van der Waals surface area contributed by atoms with Crippen LogP contribution in [-0.2, 0) is 0 Å². The number of thiophene rings is 1. The highest BCUT2D eigenvalue weighted by atomic mass is 32.1. The van der Waals surface area contributed by atoms with Gasteiger partial charge in [-0.1, -0.05) is 0 Å². The molecule has 4 nitrogen and oxygen atoms in total. The third-order valence-corrected chi connectivity index (χ3v) is 2.98. The van der Waals surface area contributed by atoms with Crippen molar-refractivity contribution in [2.75, 3.05) is 0 Å². The van der Waals surface area contributed by atoms with Crippen molar-refractivity contribution in [2.24, 2.45) is 0 Å². The summed E-state index contributed by atoms with van der Waals surface area (Å²) in [6.45, 7) is 7.60. The number of rotatable bonds is 4. The van der Waals surface area contributed by atoms with Crippen LogP contribution in [0.2, 0.25) is 0 Å². The van der Waals surface area contributed by atoms with Crippen LogP contribution in [0.25, 0.3) is 0 Å². The molecule has 1 aromatic heterocycles. The molecule has 0 atom stereocenters. The van der Waals surface area contributed by atoms with E-state index < -0.39 is 0 Å². The van der Waals surface area contributed by atoms with Crippen molar-refractivity contribution in [3.63, 3.8) is 0 Å². The van der Waals surface area contributed by atoms with Gasteiger partial charge in [0.2, 0.25) is 0 Å². The highest BCUT2D eigenvalue weighted by Gasteiger charge is 2.14. The molecule has 1 rings (SSSR count). The van der Waals surface area contributed by atoms with Gasteiger partial charge in [0.25, 0.3) is 11.8 Å². The first kappa shape index (κ1) is 13.7. The van der Waals surface area contributed by atoms with E-state index in [1.807, 2.05) is 27.7 Å². The Hall–Kier alpha value is -1.36. The van der Waals surface area contributed by atoms with E-state index in [1.165, 1.54) is 11.3 Å². The van der Waals surface area contributed by atoms with Crippen LogP contribution in [0.1, 0.15) is 47.0 Å². The summed E-state index contributed by atoms with van der Waals surface area (Å²) in [7, 11) is 0. The summed E-state index contributed by atoms with van der Waals surface area (Å²) in [6, 6.07) is 3.55. The minimum Gasteiger partial charge on any atom is -0.349 e. The SMILES string of the molecule is CC(C)NC(=O)c1ccc(C(=O)NC(C)C)s1. The summed E-state index contributed by atoms with van der Waals surface area (Å²) in [5.41, 5.74) is 0. The van der Waals surface area contributed by atoms with Crippen LogP contribution in [0.4, 0.5) is 0 Å². The molecule has 0 saturated carbocycles. The van der Waals surface area contributed by atoms with Gasteiger partial charge in [-0.2, -0.15) is 0 Å². The van der Waals surface area contributed by atoms with E-state index in [1.54, 1.807) is 12.1 Å².